The summed E-state index contributed by atoms with van der Waals surface area (Å²) in [6, 6.07) is 2.75. The van der Waals surface area contributed by atoms with E-state index in [4.69, 9.17) is 0 Å². The second-order valence-electron chi connectivity index (χ2n) is 5.91. The summed E-state index contributed by atoms with van der Waals surface area (Å²) in [6.07, 6.45) is 7.37. The molecule has 2 aliphatic carbocycles. The molecule has 0 radical (unpaired) electrons. The molecule has 0 aliphatic heterocycles. The molecule has 4 atom stereocenters. The van der Waals surface area contributed by atoms with E-state index in [2.05, 4.69) is 39.6 Å². The number of hydrogen-bond donors (Lipinski definition) is 1. The van der Waals surface area contributed by atoms with Crippen LogP contribution >= 0.6 is 27.3 Å². The molecule has 3 heteroatoms. The van der Waals surface area contributed by atoms with Gasteiger partial charge in [0.2, 0.25) is 0 Å². The van der Waals surface area contributed by atoms with Gasteiger partial charge in [-0.05, 0) is 77.4 Å². The van der Waals surface area contributed by atoms with E-state index in [0.29, 0.717) is 6.04 Å². The molecule has 4 unspecified atom stereocenters. The topological polar surface area (TPSA) is 12.0 Å². The Hall–Kier alpha value is 0.140. The molecular weight excluding hydrogens is 306 g/mol. The largest absolute Gasteiger partial charge is 0.309 e. The minimum absolute atomic E-state index is 0.564. The Kier molecular flexibility index (Phi) is 4.12. The van der Waals surface area contributed by atoms with E-state index < -0.39 is 0 Å². The number of halogens is 1. The van der Waals surface area contributed by atoms with Gasteiger partial charge in [0.1, 0.15) is 0 Å². The van der Waals surface area contributed by atoms with E-state index in [9.17, 15) is 0 Å². The number of nitrogens with one attached hydrogen (secondary N) is 1. The van der Waals surface area contributed by atoms with Gasteiger partial charge in [0, 0.05) is 15.4 Å². The average molecular weight is 328 g/mol. The van der Waals surface area contributed by atoms with Gasteiger partial charge in [-0.2, -0.15) is 0 Å². The van der Waals surface area contributed by atoms with Crippen LogP contribution in [-0.2, 0) is 0 Å². The lowest BCUT2D eigenvalue weighted by atomic mass is 9.84. The van der Waals surface area contributed by atoms with E-state index in [1.807, 2.05) is 11.3 Å². The maximum absolute atomic E-state index is 3.70. The molecule has 0 saturated heterocycles. The quantitative estimate of drug-likeness (QED) is 0.803. The third-order valence-electron chi connectivity index (χ3n) is 4.83. The first-order valence-electron chi connectivity index (χ1n) is 7.24. The van der Waals surface area contributed by atoms with Gasteiger partial charge >= 0.3 is 0 Å². The number of hydrogen-bond acceptors (Lipinski definition) is 2. The van der Waals surface area contributed by atoms with Crippen molar-refractivity contribution in [3.63, 3.8) is 0 Å². The van der Waals surface area contributed by atoms with Gasteiger partial charge in [0.15, 0.2) is 0 Å². The van der Waals surface area contributed by atoms with Crippen molar-refractivity contribution < 1.29 is 0 Å². The van der Waals surface area contributed by atoms with Crippen molar-refractivity contribution in [2.45, 2.75) is 45.1 Å². The Morgan fingerprint density at radius 2 is 2.33 bits per heavy atom. The van der Waals surface area contributed by atoms with E-state index in [0.717, 1.165) is 24.3 Å². The lowest BCUT2D eigenvalue weighted by Crippen LogP contribution is -2.25. The molecule has 2 aliphatic rings. The summed E-state index contributed by atoms with van der Waals surface area (Å²) in [4.78, 5) is 1.50. The van der Waals surface area contributed by atoms with Gasteiger partial charge in [-0.3, -0.25) is 0 Å². The molecule has 1 aromatic heterocycles. The predicted molar refractivity (Wildman–Crippen MR) is 82.0 cm³/mol. The molecule has 0 spiro atoms. The molecule has 1 heterocycles. The Labute approximate surface area is 122 Å². The summed E-state index contributed by atoms with van der Waals surface area (Å²) in [5, 5.41) is 5.89. The fourth-order valence-electron chi connectivity index (χ4n) is 4.05. The normalized spacial score (nSPS) is 32.0. The Balaban J connectivity index is 1.69. The molecule has 18 heavy (non-hydrogen) atoms. The molecule has 3 rings (SSSR count). The molecule has 0 aromatic carbocycles. The van der Waals surface area contributed by atoms with Crippen molar-refractivity contribution in [2.24, 2.45) is 17.8 Å². The summed E-state index contributed by atoms with van der Waals surface area (Å²) in [7, 11) is 0. The molecule has 0 amide bonds. The molecule has 2 bridgehead atoms. The molecule has 1 nitrogen and oxygen atoms in total. The third kappa shape index (κ3) is 2.54. The summed E-state index contributed by atoms with van der Waals surface area (Å²) in [5.74, 6) is 3.07. The highest BCUT2D eigenvalue weighted by Crippen LogP contribution is 2.51. The zero-order valence-electron chi connectivity index (χ0n) is 11.0. The van der Waals surface area contributed by atoms with Gasteiger partial charge in [-0.25, -0.2) is 0 Å². The molecular formula is C15H22BrNS. The van der Waals surface area contributed by atoms with Gasteiger partial charge in [0.05, 0.1) is 0 Å². The van der Waals surface area contributed by atoms with Gasteiger partial charge in [-0.1, -0.05) is 13.3 Å². The van der Waals surface area contributed by atoms with Crippen LogP contribution in [0.25, 0.3) is 0 Å². The Morgan fingerprint density at radius 1 is 1.44 bits per heavy atom. The van der Waals surface area contributed by atoms with Crippen LogP contribution in [0.5, 0.6) is 0 Å². The van der Waals surface area contributed by atoms with Gasteiger partial charge in [0.25, 0.3) is 0 Å². The zero-order chi connectivity index (χ0) is 12.5. The molecule has 2 saturated carbocycles. The van der Waals surface area contributed by atoms with E-state index >= 15 is 0 Å². The smallest absolute Gasteiger partial charge is 0.0428 e. The van der Waals surface area contributed by atoms with Crippen molar-refractivity contribution in [2.75, 3.05) is 6.54 Å². The lowest BCUT2D eigenvalue weighted by molar-refractivity contribution is 0.282. The number of thiophene rings is 1. The van der Waals surface area contributed by atoms with Crippen LogP contribution < -0.4 is 5.32 Å². The highest BCUT2D eigenvalue weighted by Gasteiger charge is 2.40. The first kappa shape index (κ1) is 13.1. The summed E-state index contributed by atoms with van der Waals surface area (Å²) < 4.78 is 1.29. The lowest BCUT2D eigenvalue weighted by Gasteiger charge is -2.27. The fraction of sp³-hybridized carbons (Fsp3) is 0.733. The van der Waals surface area contributed by atoms with Crippen LogP contribution in [0.3, 0.4) is 0 Å². The van der Waals surface area contributed by atoms with E-state index in [1.165, 1.54) is 41.5 Å². The molecule has 1 aromatic rings. The minimum Gasteiger partial charge on any atom is -0.309 e. The van der Waals surface area contributed by atoms with Gasteiger partial charge in [-0.15, -0.1) is 11.3 Å². The zero-order valence-corrected chi connectivity index (χ0v) is 13.4. The van der Waals surface area contributed by atoms with Crippen LogP contribution in [0.1, 0.15) is 49.9 Å². The van der Waals surface area contributed by atoms with Crippen molar-refractivity contribution in [3.8, 4) is 0 Å². The van der Waals surface area contributed by atoms with Crippen LogP contribution in [0.4, 0.5) is 0 Å². The van der Waals surface area contributed by atoms with Crippen molar-refractivity contribution in [1.29, 1.82) is 0 Å². The monoisotopic (exact) mass is 327 g/mol. The molecule has 100 valence electrons. The highest BCUT2D eigenvalue weighted by molar-refractivity contribution is 9.10. The first-order chi connectivity index (χ1) is 8.78. The van der Waals surface area contributed by atoms with Crippen LogP contribution in [0.15, 0.2) is 15.9 Å². The van der Waals surface area contributed by atoms with Crippen molar-refractivity contribution >= 4 is 27.3 Å². The standard InChI is InChI=1S/C15H22BrNS/c1-2-17-14(15-13(16)5-6-18-15)9-12-8-10-3-4-11(12)7-10/h5-6,10-12,14,17H,2-4,7-9H2,1H3. The third-order valence-corrected chi connectivity index (χ3v) is 6.82. The second kappa shape index (κ2) is 5.64. The second-order valence-corrected chi connectivity index (χ2v) is 7.72. The maximum Gasteiger partial charge on any atom is 0.0428 e. The van der Waals surface area contributed by atoms with Crippen LogP contribution in [0, 0.1) is 17.8 Å². The van der Waals surface area contributed by atoms with Crippen LogP contribution in [-0.4, -0.2) is 6.54 Å². The van der Waals surface area contributed by atoms with Gasteiger partial charge < -0.3 is 5.32 Å². The minimum atomic E-state index is 0.564. The van der Waals surface area contributed by atoms with Crippen LogP contribution in [0.2, 0.25) is 0 Å². The van der Waals surface area contributed by atoms with E-state index in [1.54, 1.807) is 0 Å². The average Bonchev–Trinajstić information content (AvgIpc) is 3.04. The predicted octanol–water partition coefficient (Wildman–Crippen LogP) is 4.99. The Morgan fingerprint density at radius 3 is 2.89 bits per heavy atom. The van der Waals surface area contributed by atoms with E-state index in [-0.39, 0.29) is 0 Å². The summed E-state index contributed by atoms with van der Waals surface area (Å²) in [5.41, 5.74) is 0. The van der Waals surface area contributed by atoms with Crippen molar-refractivity contribution in [3.05, 3.63) is 20.8 Å². The number of rotatable bonds is 5. The summed E-state index contributed by atoms with van der Waals surface area (Å²) in [6.45, 7) is 3.28. The number of fused-ring (bicyclic) bond motifs is 2. The van der Waals surface area contributed by atoms with Crippen molar-refractivity contribution in [1.82, 2.24) is 5.32 Å². The Bertz CT molecular complexity index is 403. The summed E-state index contributed by atoms with van der Waals surface area (Å²) >= 11 is 5.59. The maximum atomic E-state index is 3.70. The SMILES string of the molecule is CCNC(CC1CC2CCC1C2)c1sccc1Br. The fourth-order valence-corrected chi connectivity index (χ4v) is 5.79. The highest BCUT2D eigenvalue weighted by atomic mass is 79.9. The molecule has 1 N–H and O–H groups in total. The molecule has 2 fully saturated rings. The first-order valence-corrected chi connectivity index (χ1v) is 8.91.